The number of amides is 1. The smallest absolute Gasteiger partial charge is 0.223 e. The lowest BCUT2D eigenvalue weighted by Crippen LogP contribution is -2.30. The van der Waals surface area contributed by atoms with Crippen molar-refractivity contribution < 1.29 is 4.79 Å². The summed E-state index contributed by atoms with van der Waals surface area (Å²) < 4.78 is 0. The van der Waals surface area contributed by atoms with Crippen molar-refractivity contribution in [1.29, 1.82) is 0 Å². The van der Waals surface area contributed by atoms with Crippen LogP contribution in [0.3, 0.4) is 0 Å². The van der Waals surface area contributed by atoms with Gasteiger partial charge in [-0.2, -0.15) is 0 Å². The Bertz CT molecular complexity index is 274. The molecule has 0 saturated heterocycles. The van der Waals surface area contributed by atoms with Crippen LogP contribution in [-0.2, 0) is 11.3 Å². The summed E-state index contributed by atoms with van der Waals surface area (Å²) in [6.45, 7) is 2.94. The Hall–Kier alpha value is -0.940. The lowest BCUT2D eigenvalue weighted by Gasteiger charge is -2.09. The molecule has 1 atom stereocenters. The highest BCUT2D eigenvalue weighted by Gasteiger charge is 2.11. The van der Waals surface area contributed by atoms with Crippen LogP contribution >= 0.6 is 11.3 Å². The second-order valence-corrected chi connectivity index (χ2v) is 3.89. The van der Waals surface area contributed by atoms with Crippen LogP contribution in [0.25, 0.3) is 0 Å². The number of rotatable bonds is 5. The highest BCUT2D eigenvalue weighted by Crippen LogP contribution is 2.03. The maximum absolute atomic E-state index is 11.4. The van der Waals surface area contributed by atoms with E-state index in [0.29, 0.717) is 13.1 Å². The summed E-state index contributed by atoms with van der Waals surface area (Å²) in [5.41, 5.74) is 8.03. The fraction of sp³-hybridized carbons (Fsp3) is 0.556. The van der Waals surface area contributed by atoms with Gasteiger partial charge in [0.1, 0.15) is 0 Å². The van der Waals surface area contributed by atoms with Crippen molar-refractivity contribution in [3.05, 3.63) is 16.6 Å². The average Bonchev–Trinajstić information content (AvgIpc) is 2.67. The average molecular weight is 213 g/mol. The van der Waals surface area contributed by atoms with E-state index >= 15 is 0 Å². The minimum atomic E-state index is -0.0152. The van der Waals surface area contributed by atoms with E-state index in [2.05, 4.69) is 10.3 Å². The van der Waals surface area contributed by atoms with Crippen molar-refractivity contribution in [3.8, 4) is 0 Å². The fourth-order valence-electron chi connectivity index (χ4n) is 1.06. The van der Waals surface area contributed by atoms with E-state index in [1.807, 2.05) is 12.3 Å². The molecule has 5 heteroatoms. The Kier molecular flexibility index (Phi) is 4.55. The van der Waals surface area contributed by atoms with Gasteiger partial charge in [0.15, 0.2) is 0 Å². The third-order valence-electron chi connectivity index (χ3n) is 1.97. The van der Waals surface area contributed by atoms with Crippen molar-refractivity contribution in [3.63, 3.8) is 0 Å². The van der Waals surface area contributed by atoms with Gasteiger partial charge in [-0.3, -0.25) is 4.79 Å². The molecule has 1 amide bonds. The molecule has 4 nitrogen and oxygen atoms in total. The number of hydrogen-bond donors (Lipinski definition) is 2. The Morgan fingerprint density at radius 3 is 3.14 bits per heavy atom. The van der Waals surface area contributed by atoms with Gasteiger partial charge in [-0.15, -0.1) is 11.3 Å². The summed E-state index contributed by atoms with van der Waals surface area (Å²) in [4.78, 5) is 15.5. The largest absolute Gasteiger partial charge is 0.350 e. The van der Waals surface area contributed by atoms with Crippen LogP contribution in [-0.4, -0.2) is 17.4 Å². The van der Waals surface area contributed by atoms with Crippen molar-refractivity contribution in [2.75, 3.05) is 6.54 Å². The molecule has 0 aromatic carbocycles. The zero-order valence-electron chi connectivity index (χ0n) is 8.19. The zero-order chi connectivity index (χ0) is 10.4. The molecule has 0 aliphatic rings. The Morgan fingerprint density at radius 1 is 1.79 bits per heavy atom. The van der Waals surface area contributed by atoms with Gasteiger partial charge in [-0.1, -0.05) is 6.92 Å². The van der Waals surface area contributed by atoms with E-state index in [1.165, 1.54) is 11.3 Å². The molecule has 0 spiro atoms. The number of aromatic nitrogens is 1. The first-order valence-corrected chi connectivity index (χ1v) is 5.53. The first-order valence-electron chi connectivity index (χ1n) is 4.59. The van der Waals surface area contributed by atoms with E-state index in [0.717, 1.165) is 12.1 Å². The topological polar surface area (TPSA) is 68.0 Å². The van der Waals surface area contributed by atoms with E-state index < -0.39 is 0 Å². The summed E-state index contributed by atoms with van der Waals surface area (Å²) in [7, 11) is 0. The van der Waals surface area contributed by atoms with Crippen LogP contribution in [0.4, 0.5) is 0 Å². The van der Waals surface area contributed by atoms with Crippen molar-refractivity contribution in [2.24, 2.45) is 11.7 Å². The number of nitrogens with one attached hydrogen (secondary N) is 1. The molecule has 1 unspecified atom stereocenters. The number of hydrogen-bond acceptors (Lipinski definition) is 4. The second-order valence-electron chi connectivity index (χ2n) is 3.18. The quantitative estimate of drug-likeness (QED) is 0.758. The van der Waals surface area contributed by atoms with Gasteiger partial charge in [0.2, 0.25) is 5.91 Å². The molecule has 1 aromatic heterocycles. The minimum absolute atomic E-state index is 0.0152. The van der Waals surface area contributed by atoms with Gasteiger partial charge in [0.25, 0.3) is 0 Å². The van der Waals surface area contributed by atoms with E-state index in [1.54, 1.807) is 5.51 Å². The van der Waals surface area contributed by atoms with Crippen molar-refractivity contribution in [2.45, 2.75) is 19.9 Å². The van der Waals surface area contributed by atoms with Crippen molar-refractivity contribution in [1.82, 2.24) is 10.3 Å². The molecule has 0 bridgehead atoms. The molecular formula is C9H15N3OS. The van der Waals surface area contributed by atoms with Gasteiger partial charge in [0, 0.05) is 11.3 Å². The highest BCUT2D eigenvalue weighted by atomic mass is 32.1. The molecule has 1 heterocycles. The maximum Gasteiger partial charge on any atom is 0.223 e. The fourth-order valence-corrected chi connectivity index (χ4v) is 1.62. The molecule has 1 rings (SSSR count). The van der Waals surface area contributed by atoms with Crippen LogP contribution < -0.4 is 11.1 Å². The Morgan fingerprint density at radius 2 is 2.57 bits per heavy atom. The Labute approximate surface area is 87.5 Å². The second kappa shape index (κ2) is 5.72. The third kappa shape index (κ3) is 3.43. The lowest BCUT2D eigenvalue weighted by atomic mass is 10.1. The SMILES string of the molecule is CC(CCN)C(=O)NCc1cscn1. The standard InChI is InChI=1S/C9H15N3OS/c1-7(2-3-10)9(13)11-4-8-5-14-6-12-8/h5-7H,2-4,10H2,1H3,(H,11,13). The van der Waals surface area contributed by atoms with Gasteiger partial charge in [0.05, 0.1) is 17.7 Å². The molecule has 0 fully saturated rings. The normalized spacial score (nSPS) is 12.4. The van der Waals surface area contributed by atoms with Crippen LogP contribution in [0.15, 0.2) is 10.9 Å². The number of nitrogens with zero attached hydrogens (tertiary/aromatic N) is 1. The summed E-state index contributed by atoms with van der Waals surface area (Å²) in [6, 6.07) is 0. The van der Waals surface area contributed by atoms with E-state index in [4.69, 9.17) is 5.73 Å². The third-order valence-corrected chi connectivity index (χ3v) is 2.61. The number of carbonyl (C=O) groups is 1. The highest BCUT2D eigenvalue weighted by molar-refractivity contribution is 7.07. The van der Waals surface area contributed by atoms with Crippen LogP contribution in [0.2, 0.25) is 0 Å². The maximum atomic E-state index is 11.4. The first kappa shape index (κ1) is 11.1. The number of thiazole rings is 1. The van der Waals surface area contributed by atoms with Crippen LogP contribution in [0, 0.1) is 5.92 Å². The predicted octanol–water partition coefficient (Wildman–Crippen LogP) is 0.744. The molecular weight excluding hydrogens is 198 g/mol. The molecule has 1 aromatic rings. The lowest BCUT2D eigenvalue weighted by molar-refractivity contribution is -0.124. The zero-order valence-corrected chi connectivity index (χ0v) is 9.01. The van der Waals surface area contributed by atoms with Gasteiger partial charge >= 0.3 is 0 Å². The Balaban J connectivity index is 2.27. The molecule has 78 valence electrons. The first-order chi connectivity index (χ1) is 6.74. The molecule has 0 saturated carbocycles. The van der Waals surface area contributed by atoms with Gasteiger partial charge in [-0.25, -0.2) is 4.98 Å². The minimum Gasteiger partial charge on any atom is -0.350 e. The number of carbonyl (C=O) groups excluding carboxylic acids is 1. The monoisotopic (exact) mass is 213 g/mol. The van der Waals surface area contributed by atoms with Gasteiger partial charge in [-0.05, 0) is 13.0 Å². The summed E-state index contributed by atoms with van der Waals surface area (Å²) in [6.07, 6.45) is 0.725. The van der Waals surface area contributed by atoms with Crippen LogP contribution in [0.5, 0.6) is 0 Å². The molecule has 14 heavy (non-hydrogen) atoms. The van der Waals surface area contributed by atoms with Crippen LogP contribution in [0.1, 0.15) is 19.0 Å². The molecule has 3 N–H and O–H groups in total. The van der Waals surface area contributed by atoms with Gasteiger partial charge < -0.3 is 11.1 Å². The molecule has 0 aliphatic carbocycles. The molecule has 0 aliphatic heterocycles. The summed E-state index contributed by atoms with van der Waals surface area (Å²) in [5.74, 6) is 0.0297. The van der Waals surface area contributed by atoms with E-state index in [-0.39, 0.29) is 11.8 Å². The predicted molar refractivity (Wildman–Crippen MR) is 56.8 cm³/mol. The number of nitrogens with two attached hydrogens (primary N) is 1. The van der Waals surface area contributed by atoms with Crippen molar-refractivity contribution >= 4 is 17.2 Å². The summed E-state index contributed by atoms with van der Waals surface area (Å²) in [5, 5.41) is 4.74. The van der Waals surface area contributed by atoms with E-state index in [9.17, 15) is 4.79 Å². The molecule has 0 radical (unpaired) electrons. The summed E-state index contributed by atoms with van der Waals surface area (Å²) >= 11 is 1.53.